The maximum absolute atomic E-state index is 14.5. The quantitative estimate of drug-likeness (QED) is 0.756. The first-order valence-electron chi connectivity index (χ1n) is 7.86. The minimum atomic E-state index is -1.93. The van der Waals surface area contributed by atoms with Crippen molar-refractivity contribution in [3.63, 3.8) is 0 Å². The average molecular weight is 345 g/mol. The largest absolute Gasteiger partial charge is 0.307 e. The van der Waals surface area contributed by atoms with Gasteiger partial charge in [-0.1, -0.05) is 55.8 Å². The summed E-state index contributed by atoms with van der Waals surface area (Å²) >= 11 is 6.16. The summed E-state index contributed by atoms with van der Waals surface area (Å²) in [6.07, 6.45) is -1.93. The highest BCUT2D eigenvalue weighted by atomic mass is 35.5. The maximum Gasteiger partial charge on any atom is 0.284 e. The summed E-state index contributed by atoms with van der Waals surface area (Å²) in [4.78, 5) is 18.1. The van der Waals surface area contributed by atoms with Gasteiger partial charge in [-0.2, -0.15) is 0 Å². The standard InChI is InChI=1S/C19H18ClFN2O/c1-12(2)11-23-16-9-8-14(20)10-15(16)17(22-18(21)19(23)24)13-6-4-3-5-7-13/h3-10,12,18H,11H2,1-2H3. The first-order valence-corrected chi connectivity index (χ1v) is 8.23. The molecule has 0 radical (unpaired) electrons. The lowest BCUT2D eigenvalue weighted by molar-refractivity contribution is -0.123. The molecule has 0 saturated heterocycles. The summed E-state index contributed by atoms with van der Waals surface area (Å²) in [5, 5.41) is 0.520. The van der Waals surface area contributed by atoms with E-state index in [4.69, 9.17) is 11.6 Å². The van der Waals surface area contributed by atoms with E-state index < -0.39 is 12.2 Å². The van der Waals surface area contributed by atoms with Crippen LogP contribution in [-0.4, -0.2) is 24.5 Å². The van der Waals surface area contributed by atoms with E-state index in [9.17, 15) is 9.18 Å². The predicted molar refractivity (Wildman–Crippen MR) is 95.6 cm³/mol. The number of halogens is 2. The fourth-order valence-corrected chi connectivity index (χ4v) is 2.97. The van der Waals surface area contributed by atoms with Crippen LogP contribution in [-0.2, 0) is 4.79 Å². The maximum atomic E-state index is 14.5. The number of carbonyl (C=O) groups excluding carboxylic acids is 1. The number of hydrogen-bond acceptors (Lipinski definition) is 2. The number of aliphatic imine (C=N–C) groups is 1. The third-order valence-electron chi connectivity index (χ3n) is 3.81. The molecule has 1 aliphatic rings. The highest BCUT2D eigenvalue weighted by Crippen LogP contribution is 2.31. The van der Waals surface area contributed by atoms with Gasteiger partial charge in [0, 0.05) is 22.7 Å². The van der Waals surface area contributed by atoms with E-state index in [1.807, 2.05) is 44.2 Å². The molecule has 0 bridgehead atoms. The third kappa shape index (κ3) is 3.20. The fourth-order valence-electron chi connectivity index (χ4n) is 2.80. The first kappa shape index (κ1) is 16.7. The van der Waals surface area contributed by atoms with Crippen LogP contribution in [0, 0.1) is 5.92 Å². The molecule has 0 aliphatic carbocycles. The van der Waals surface area contributed by atoms with Gasteiger partial charge in [0.1, 0.15) is 0 Å². The molecular formula is C19H18ClFN2O. The Bertz CT molecular complexity index is 789. The average Bonchev–Trinajstić information content (AvgIpc) is 2.66. The van der Waals surface area contributed by atoms with Gasteiger partial charge in [-0.3, -0.25) is 4.79 Å². The molecule has 1 amide bonds. The second-order valence-electron chi connectivity index (χ2n) is 6.18. The Balaban J connectivity index is 2.22. The molecule has 1 heterocycles. The SMILES string of the molecule is CC(C)CN1C(=O)C(F)N=C(c2ccccc2)c2cc(Cl)ccc21. The molecule has 3 rings (SSSR count). The van der Waals surface area contributed by atoms with Gasteiger partial charge < -0.3 is 4.90 Å². The lowest BCUT2D eigenvalue weighted by Gasteiger charge is -2.25. The van der Waals surface area contributed by atoms with Gasteiger partial charge in [0.2, 0.25) is 0 Å². The van der Waals surface area contributed by atoms with Crippen molar-refractivity contribution >= 4 is 28.9 Å². The van der Waals surface area contributed by atoms with E-state index >= 15 is 0 Å². The summed E-state index contributed by atoms with van der Waals surface area (Å²) in [7, 11) is 0. The van der Waals surface area contributed by atoms with Crippen LogP contribution in [0.15, 0.2) is 53.5 Å². The number of fused-ring (bicyclic) bond motifs is 1. The number of benzene rings is 2. The Morgan fingerprint density at radius 1 is 1.21 bits per heavy atom. The van der Waals surface area contributed by atoms with Crippen molar-refractivity contribution in [2.45, 2.75) is 20.1 Å². The van der Waals surface area contributed by atoms with E-state index in [0.717, 1.165) is 5.56 Å². The van der Waals surface area contributed by atoms with Crippen LogP contribution in [0.3, 0.4) is 0 Å². The predicted octanol–water partition coefficient (Wildman–Crippen LogP) is 4.48. The minimum absolute atomic E-state index is 0.197. The molecule has 1 aliphatic heterocycles. The molecule has 24 heavy (non-hydrogen) atoms. The number of rotatable bonds is 3. The van der Waals surface area contributed by atoms with Crippen molar-refractivity contribution in [3.8, 4) is 0 Å². The number of carbonyl (C=O) groups is 1. The van der Waals surface area contributed by atoms with Crippen LogP contribution < -0.4 is 4.90 Å². The zero-order valence-corrected chi connectivity index (χ0v) is 14.3. The second kappa shape index (κ2) is 6.73. The van der Waals surface area contributed by atoms with E-state index in [1.54, 1.807) is 18.2 Å². The summed E-state index contributed by atoms with van der Waals surface area (Å²) in [5.74, 6) is -0.443. The molecule has 5 heteroatoms. The Labute approximate surface area is 145 Å². The van der Waals surface area contributed by atoms with Gasteiger partial charge in [-0.25, -0.2) is 9.38 Å². The van der Waals surface area contributed by atoms with Crippen LogP contribution in [0.5, 0.6) is 0 Å². The Morgan fingerprint density at radius 3 is 2.58 bits per heavy atom. The van der Waals surface area contributed by atoms with Gasteiger partial charge in [0.15, 0.2) is 0 Å². The van der Waals surface area contributed by atoms with Crippen LogP contribution in [0.25, 0.3) is 0 Å². The van der Waals surface area contributed by atoms with Crippen LogP contribution in [0.2, 0.25) is 5.02 Å². The normalized spacial score (nSPS) is 17.5. The first-order chi connectivity index (χ1) is 11.5. The van der Waals surface area contributed by atoms with E-state index in [0.29, 0.717) is 28.5 Å². The second-order valence-corrected chi connectivity index (χ2v) is 6.62. The molecule has 0 aromatic heterocycles. The zero-order chi connectivity index (χ0) is 17.3. The van der Waals surface area contributed by atoms with E-state index in [-0.39, 0.29) is 5.92 Å². The topological polar surface area (TPSA) is 32.7 Å². The Hall–Kier alpha value is -2.20. The molecule has 2 aromatic carbocycles. The molecular weight excluding hydrogens is 327 g/mol. The lowest BCUT2D eigenvalue weighted by atomic mass is 10.00. The van der Waals surface area contributed by atoms with Crippen LogP contribution in [0.1, 0.15) is 25.0 Å². The zero-order valence-electron chi connectivity index (χ0n) is 13.5. The van der Waals surface area contributed by atoms with Crippen molar-refractivity contribution in [1.82, 2.24) is 0 Å². The van der Waals surface area contributed by atoms with Crippen molar-refractivity contribution in [2.24, 2.45) is 10.9 Å². The molecule has 1 atom stereocenters. The molecule has 1 unspecified atom stereocenters. The molecule has 0 fully saturated rings. The Morgan fingerprint density at radius 2 is 1.92 bits per heavy atom. The molecule has 124 valence electrons. The summed E-state index contributed by atoms with van der Waals surface area (Å²) in [6, 6.07) is 14.5. The molecule has 0 N–H and O–H groups in total. The van der Waals surface area contributed by atoms with E-state index in [2.05, 4.69) is 4.99 Å². The van der Waals surface area contributed by atoms with Gasteiger partial charge in [-0.15, -0.1) is 0 Å². The van der Waals surface area contributed by atoms with Crippen molar-refractivity contribution in [2.75, 3.05) is 11.4 Å². The van der Waals surface area contributed by atoms with Crippen molar-refractivity contribution in [1.29, 1.82) is 0 Å². The van der Waals surface area contributed by atoms with Crippen LogP contribution in [0.4, 0.5) is 10.1 Å². The lowest BCUT2D eigenvalue weighted by Crippen LogP contribution is -2.38. The highest BCUT2D eigenvalue weighted by Gasteiger charge is 2.32. The van der Waals surface area contributed by atoms with E-state index in [1.165, 1.54) is 4.90 Å². The fraction of sp³-hybridized carbons (Fsp3) is 0.263. The number of alkyl halides is 1. The van der Waals surface area contributed by atoms with Gasteiger partial charge in [-0.05, 0) is 24.1 Å². The molecule has 2 aromatic rings. The molecule has 0 saturated carbocycles. The molecule has 3 nitrogen and oxygen atoms in total. The smallest absolute Gasteiger partial charge is 0.284 e. The van der Waals surface area contributed by atoms with Gasteiger partial charge in [0.05, 0.1) is 11.4 Å². The third-order valence-corrected chi connectivity index (χ3v) is 4.05. The number of benzodiazepines with no additional fused rings is 1. The summed E-state index contributed by atoms with van der Waals surface area (Å²) in [6.45, 7) is 4.39. The number of nitrogens with zero attached hydrogens (tertiary/aromatic N) is 2. The monoisotopic (exact) mass is 344 g/mol. The summed E-state index contributed by atoms with van der Waals surface area (Å²) < 4.78 is 14.5. The van der Waals surface area contributed by atoms with Crippen molar-refractivity contribution in [3.05, 3.63) is 64.7 Å². The number of anilines is 1. The summed E-state index contributed by atoms with van der Waals surface area (Å²) in [5.41, 5.74) is 2.51. The number of hydrogen-bond donors (Lipinski definition) is 0. The Kier molecular flexibility index (Phi) is 4.67. The van der Waals surface area contributed by atoms with Crippen LogP contribution >= 0.6 is 11.6 Å². The molecule has 0 spiro atoms. The number of amides is 1. The minimum Gasteiger partial charge on any atom is -0.307 e. The van der Waals surface area contributed by atoms with Gasteiger partial charge >= 0.3 is 0 Å². The highest BCUT2D eigenvalue weighted by molar-refractivity contribution is 6.32. The van der Waals surface area contributed by atoms with Gasteiger partial charge in [0.25, 0.3) is 12.2 Å². The van der Waals surface area contributed by atoms with Crippen molar-refractivity contribution < 1.29 is 9.18 Å².